The average Bonchev–Trinajstić information content (AvgIpc) is 3.36. The van der Waals surface area contributed by atoms with Gasteiger partial charge in [0.15, 0.2) is 0 Å². The molecule has 0 spiro atoms. The molecule has 9 heteroatoms. The third-order valence-corrected chi connectivity index (χ3v) is 6.73. The van der Waals surface area contributed by atoms with Gasteiger partial charge in [-0.25, -0.2) is 0 Å². The summed E-state index contributed by atoms with van der Waals surface area (Å²) in [6.45, 7) is 6.34. The zero-order valence-electron chi connectivity index (χ0n) is 18.7. The highest BCUT2D eigenvalue weighted by Crippen LogP contribution is 2.25. The Bertz CT molecular complexity index is 1020. The minimum absolute atomic E-state index is 0.0258. The number of amides is 3. The lowest BCUT2D eigenvalue weighted by atomic mass is 10.0. The number of halogens is 1. The van der Waals surface area contributed by atoms with Gasteiger partial charge in [0, 0.05) is 24.9 Å². The van der Waals surface area contributed by atoms with Crippen LogP contribution in [0.2, 0.25) is 4.34 Å². The van der Waals surface area contributed by atoms with Gasteiger partial charge in [0.05, 0.1) is 21.9 Å². The molecule has 1 aliphatic rings. The van der Waals surface area contributed by atoms with Gasteiger partial charge in [-0.05, 0) is 69.5 Å². The quantitative estimate of drug-likeness (QED) is 0.628. The predicted octanol–water partition coefficient (Wildman–Crippen LogP) is 4.11. The maximum absolute atomic E-state index is 13.0. The van der Waals surface area contributed by atoms with Crippen molar-refractivity contribution in [3.8, 4) is 0 Å². The fourth-order valence-electron chi connectivity index (χ4n) is 3.73. The number of hydrogen-bond acceptors (Lipinski definition) is 5. The molecule has 1 aromatic carbocycles. The lowest BCUT2D eigenvalue weighted by Gasteiger charge is -2.26. The van der Waals surface area contributed by atoms with Crippen LogP contribution in [0.5, 0.6) is 0 Å². The highest BCUT2D eigenvalue weighted by Gasteiger charge is 2.32. The number of methoxy groups -OCH3 is 1. The van der Waals surface area contributed by atoms with Gasteiger partial charge in [-0.3, -0.25) is 14.4 Å². The second-order valence-corrected chi connectivity index (χ2v) is 10.1. The Labute approximate surface area is 197 Å². The molecule has 2 aromatic rings. The molecule has 1 fully saturated rings. The van der Waals surface area contributed by atoms with E-state index in [4.69, 9.17) is 16.3 Å². The lowest BCUT2D eigenvalue weighted by molar-refractivity contribution is -0.120. The first-order chi connectivity index (χ1) is 15.1. The Balaban J connectivity index is 1.67. The first-order valence-electron chi connectivity index (χ1n) is 10.4. The number of aryl methyl sites for hydroxylation is 1. The van der Waals surface area contributed by atoms with E-state index in [0.717, 1.165) is 29.7 Å². The van der Waals surface area contributed by atoms with Crippen LogP contribution < -0.4 is 10.6 Å². The van der Waals surface area contributed by atoms with E-state index in [1.165, 1.54) is 0 Å². The zero-order chi connectivity index (χ0) is 23.5. The lowest BCUT2D eigenvalue weighted by Crippen LogP contribution is -2.52. The minimum atomic E-state index is -1.15. The molecule has 0 unspecified atom stereocenters. The number of carbonyl (C=O) groups is 3. The maximum atomic E-state index is 13.0. The van der Waals surface area contributed by atoms with Crippen LogP contribution in [0.3, 0.4) is 0 Å². The highest BCUT2D eigenvalue weighted by molar-refractivity contribution is 7.18. The third-order valence-electron chi connectivity index (χ3n) is 5.50. The Morgan fingerprint density at radius 1 is 1.25 bits per heavy atom. The van der Waals surface area contributed by atoms with E-state index in [9.17, 15) is 14.4 Å². The first-order valence-corrected chi connectivity index (χ1v) is 11.6. The molecule has 172 valence electrons. The Hall–Kier alpha value is -2.42. The average molecular weight is 478 g/mol. The number of anilines is 1. The van der Waals surface area contributed by atoms with Crippen molar-refractivity contribution in [2.75, 3.05) is 25.6 Å². The first kappa shape index (κ1) is 24.2. The van der Waals surface area contributed by atoms with Crippen LogP contribution in [0.1, 0.15) is 52.3 Å². The second-order valence-electron chi connectivity index (χ2n) is 8.42. The summed E-state index contributed by atoms with van der Waals surface area (Å²) in [5.74, 6) is -0.760. The molecule has 1 atom stereocenters. The molecule has 2 heterocycles. The summed E-state index contributed by atoms with van der Waals surface area (Å²) in [5, 5.41) is 5.56. The van der Waals surface area contributed by atoms with Crippen molar-refractivity contribution in [2.24, 2.45) is 0 Å². The number of hydrogen-bond donors (Lipinski definition) is 2. The molecule has 0 aliphatic carbocycles. The number of nitrogens with zero attached hydrogens (tertiary/aromatic N) is 1. The zero-order valence-corrected chi connectivity index (χ0v) is 20.2. The van der Waals surface area contributed by atoms with E-state index >= 15 is 0 Å². The number of carbonyl (C=O) groups excluding carboxylic acids is 3. The fraction of sp³-hybridized carbons (Fsp3) is 0.435. The molecule has 0 saturated carbocycles. The predicted molar refractivity (Wildman–Crippen MR) is 127 cm³/mol. The normalized spacial score (nSPS) is 16.2. The van der Waals surface area contributed by atoms with E-state index in [0.29, 0.717) is 33.6 Å². The van der Waals surface area contributed by atoms with E-state index in [-0.39, 0.29) is 23.8 Å². The molecule has 2 N–H and O–H groups in total. The van der Waals surface area contributed by atoms with Gasteiger partial charge in [-0.2, -0.15) is 0 Å². The number of rotatable bonds is 7. The third kappa shape index (κ3) is 5.49. The van der Waals surface area contributed by atoms with Crippen molar-refractivity contribution in [1.29, 1.82) is 0 Å². The molecule has 3 amide bonds. The maximum Gasteiger partial charge on any atom is 0.262 e. The molecular weight excluding hydrogens is 450 g/mol. The standard InChI is InChI=1S/C23H28ClN3O4S/c1-14-12-15(7-8-17(14)21(29)27-11-5-6-16(27)13-31-4)25-22(30)23(2,3)26-20(28)18-9-10-19(24)32-18/h7-10,12,16H,5-6,11,13H2,1-4H3,(H,25,30)(H,26,28)/t16-/m1/s1. The molecule has 7 nitrogen and oxygen atoms in total. The SMILES string of the molecule is COC[C@H]1CCCN1C(=O)c1ccc(NC(=O)C(C)(C)NC(=O)c2ccc(Cl)s2)cc1C. The highest BCUT2D eigenvalue weighted by atomic mass is 35.5. The summed E-state index contributed by atoms with van der Waals surface area (Å²) in [6.07, 6.45) is 1.90. The van der Waals surface area contributed by atoms with Crippen LogP contribution in [-0.4, -0.2) is 54.5 Å². The van der Waals surface area contributed by atoms with Gasteiger partial charge in [0.25, 0.3) is 11.8 Å². The summed E-state index contributed by atoms with van der Waals surface area (Å²) < 4.78 is 5.75. The van der Waals surface area contributed by atoms with Crippen molar-refractivity contribution < 1.29 is 19.1 Å². The Kier molecular flexibility index (Phi) is 7.59. The van der Waals surface area contributed by atoms with Crippen molar-refractivity contribution in [3.05, 3.63) is 50.7 Å². The van der Waals surface area contributed by atoms with Crippen molar-refractivity contribution in [3.63, 3.8) is 0 Å². The molecule has 3 rings (SSSR count). The second kappa shape index (κ2) is 10.0. The van der Waals surface area contributed by atoms with E-state index in [2.05, 4.69) is 10.6 Å². The molecule has 1 saturated heterocycles. The van der Waals surface area contributed by atoms with Gasteiger partial charge in [-0.15, -0.1) is 11.3 Å². The summed E-state index contributed by atoms with van der Waals surface area (Å²) in [4.78, 5) is 40.6. The molecule has 0 bridgehead atoms. The van der Waals surface area contributed by atoms with Crippen LogP contribution in [0.15, 0.2) is 30.3 Å². The van der Waals surface area contributed by atoms with Crippen LogP contribution in [0.4, 0.5) is 5.69 Å². The van der Waals surface area contributed by atoms with Gasteiger partial charge < -0.3 is 20.3 Å². The van der Waals surface area contributed by atoms with Gasteiger partial charge in [0.2, 0.25) is 5.91 Å². The van der Waals surface area contributed by atoms with E-state index < -0.39 is 5.54 Å². The topological polar surface area (TPSA) is 87.7 Å². The molecule has 32 heavy (non-hydrogen) atoms. The van der Waals surface area contributed by atoms with Crippen molar-refractivity contribution >= 4 is 46.3 Å². The summed E-state index contributed by atoms with van der Waals surface area (Å²) in [6, 6.07) is 8.55. The van der Waals surface area contributed by atoms with Crippen LogP contribution in [0, 0.1) is 6.92 Å². The Morgan fingerprint density at radius 2 is 2.00 bits per heavy atom. The summed E-state index contributed by atoms with van der Waals surface area (Å²) >= 11 is 7.04. The summed E-state index contributed by atoms with van der Waals surface area (Å²) in [7, 11) is 1.64. The van der Waals surface area contributed by atoms with Crippen LogP contribution in [-0.2, 0) is 9.53 Å². The number of benzene rings is 1. The number of likely N-dealkylation sites (tertiary alicyclic amines) is 1. The van der Waals surface area contributed by atoms with Gasteiger partial charge in [0.1, 0.15) is 5.54 Å². The van der Waals surface area contributed by atoms with E-state index in [1.807, 2.05) is 11.8 Å². The van der Waals surface area contributed by atoms with Gasteiger partial charge in [-0.1, -0.05) is 11.6 Å². The fourth-order valence-corrected chi connectivity index (χ4v) is 4.67. The molecule has 1 aliphatic heterocycles. The largest absolute Gasteiger partial charge is 0.383 e. The van der Waals surface area contributed by atoms with Crippen LogP contribution in [0.25, 0.3) is 0 Å². The van der Waals surface area contributed by atoms with Gasteiger partial charge >= 0.3 is 0 Å². The number of nitrogens with one attached hydrogen (secondary N) is 2. The van der Waals surface area contributed by atoms with Crippen LogP contribution >= 0.6 is 22.9 Å². The molecule has 0 radical (unpaired) electrons. The number of thiophene rings is 1. The Morgan fingerprint density at radius 3 is 2.62 bits per heavy atom. The molecular formula is C23H28ClN3O4S. The molecule has 1 aromatic heterocycles. The summed E-state index contributed by atoms with van der Waals surface area (Å²) in [5.41, 5.74) is 0.776. The van der Waals surface area contributed by atoms with E-state index in [1.54, 1.807) is 51.3 Å². The minimum Gasteiger partial charge on any atom is -0.383 e. The monoisotopic (exact) mass is 477 g/mol. The van der Waals surface area contributed by atoms with Crippen molar-refractivity contribution in [2.45, 2.75) is 45.2 Å². The van der Waals surface area contributed by atoms with Crippen molar-refractivity contribution in [1.82, 2.24) is 10.2 Å². The number of ether oxygens (including phenoxy) is 1. The smallest absolute Gasteiger partial charge is 0.262 e.